The van der Waals surface area contributed by atoms with E-state index in [1.54, 1.807) is 0 Å². The SMILES string of the molecule is O=C(O)[C@@H]1C[C@@H](O)CN1C(=O)CCCCC(S)CCS. The third-order valence-corrected chi connectivity index (χ3v) is 4.30. The van der Waals surface area contributed by atoms with Crippen molar-refractivity contribution in [2.24, 2.45) is 0 Å². The van der Waals surface area contributed by atoms with Gasteiger partial charge in [-0.15, -0.1) is 0 Å². The number of carboxylic acid groups (broad SMARTS) is 1. The molecule has 0 bridgehead atoms. The Morgan fingerprint density at radius 2 is 2.00 bits per heavy atom. The number of unbranched alkanes of at least 4 members (excludes halogenated alkanes) is 1. The average Bonchev–Trinajstić information content (AvgIpc) is 2.77. The largest absolute Gasteiger partial charge is 0.480 e. The van der Waals surface area contributed by atoms with Crippen LogP contribution in [0, 0.1) is 0 Å². The molecule has 1 aliphatic rings. The van der Waals surface area contributed by atoms with E-state index in [2.05, 4.69) is 25.3 Å². The quantitative estimate of drug-likeness (QED) is 0.400. The van der Waals surface area contributed by atoms with Crippen LogP contribution in [0.25, 0.3) is 0 Å². The summed E-state index contributed by atoms with van der Waals surface area (Å²) in [4.78, 5) is 24.3. The molecule has 1 unspecified atom stereocenters. The molecule has 1 aliphatic heterocycles. The number of carbonyl (C=O) groups excluding carboxylic acids is 1. The molecule has 1 amide bonds. The number of carbonyl (C=O) groups is 2. The second-order valence-corrected chi connectivity index (χ2v) is 6.38. The first-order valence-electron chi connectivity index (χ1n) is 6.95. The topological polar surface area (TPSA) is 77.8 Å². The maximum absolute atomic E-state index is 12.0. The fourth-order valence-electron chi connectivity index (χ4n) is 2.42. The van der Waals surface area contributed by atoms with Crippen molar-refractivity contribution in [1.29, 1.82) is 0 Å². The Hall–Kier alpha value is -0.400. The van der Waals surface area contributed by atoms with Crippen LogP contribution in [0.4, 0.5) is 0 Å². The monoisotopic (exact) mass is 321 g/mol. The molecule has 7 heteroatoms. The van der Waals surface area contributed by atoms with Gasteiger partial charge in [-0.3, -0.25) is 4.79 Å². The van der Waals surface area contributed by atoms with Crippen molar-refractivity contribution < 1.29 is 19.8 Å². The summed E-state index contributed by atoms with van der Waals surface area (Å²) in [7, 11) is 0. The van der Waals surface area contributed by atoms with E-state index in [1.807, 2.05) is 0 Å². The van der Waals surface area contributed by atoms with E-state index in [0.717, 1.165) is 31.4 Å². The van der Waals surface area contributed by atoms with Crippen LogP contribution < -0.4 is 0 Å². The molecule has 0 aromatic heterocycles. The number of amides is 1. The summed E-state index contributed by atoms with van der Waals surface area (Å²) < 4.78 is 0. The summed E-state index contributed by atoms with van der Waals surface area (Å²) in [5, 5.41) is 18.8. The molecule has 1 fully saturated rings. The Morgan fingerprint density at radius 1 is 1.30 bits per heavy atom. The molecule has 1 rings (SSSR count). The molecule has 0 aromatic rings. The van der Waals surface area contributed by atoms with Gasteiger partial charge in [0.2, 0.25) is 5.91 Å². The highest BCUT2D eigenvalue weighted by atomic mass is 32.1. The summed E-state index contributed by atoms with van der Waals surface area (Å²) in [6.07, 6.45) is 3.22. The van der Waals surface area contributed by atoms with Crippen LogP contribution in [0.1, 0.15) is 38.5 Å². The summed E-state index contributed by atoms with van der Waals surface area (Å²) in [5.74, 6) is -0.419. The lowest BCUT2D eigenvalue weighted by atomic mass is 10.1. The van der Waals surface area contributed by atoms with Gasteiger partial charge in [0.15, 0.2) is 0 Å². The summed E-state index contributed by atoms with van der Waals surface area (Å²) in [6.45, 7) is 0.130. The highest BCUT2D eigenvalue weighted by molar-refractivity contribution is 7.81. The molecule has 1 heterocycles. The molecule has 3 atom stereocenters. The van der Waals surface area contributed by atoms with Crippen LogP contribution in [0.3, 0.4) is 0 Å². The van der Waals surface area contributed by atoms with E-state index in [9.17, 15) is 14.7 Å². The van der Waals surface area contributed by atoms with Gasteiger partial charge in [0, 0.05) is 24.6 Å². The van der Waals surface area contributed by atoms with E-state index in [1.165, 1.54) is 4.90 Å². The Morgan fingerprint density at radius 3 is 2.60 bits per heavy atom. The number of β-amino-alcohol motifs (C(OH)–C–C–N with tert-alkyl or cyclic N) is 1. The van der Waals surface area contributed by atoms with Crippen LogP contribution in [-0.4, -0.2) is 56.7 Å². The van der Waals surface area contributed by atoms with E-state index in [4.69, 9.17) is 5.11 Å². The van der Waals surface area contributed by atoms with Gasteiger partial charge in [-0.05, 0) is 25.0 Å². The normalized spacial score (nSPS) is 23.9. The van der Waals surface area contributed by atoms with E-state index < -0.39 is 18.1 Å². The Kier molecular flexibility index (Phi) is 7.76. The van der Waals surface area contributed by atoms with Crippen molar-refractivity contribution in [2.75, 3.05) is 12.3 Å². The highest BCUT2D eigenvalue weighted by Crippen LogP contribution is 2.20. The number of aliphatic hydroxyl groups is 1. The third kappa shape index (κ3) is 5.54. The second kappa shape index (κ2) is 8.79. The predicted octanol–water partition coefficient (Wildman–Crippen LogP) is 1.21. The molecule has 5 nitrogen and oxygen atoms in total. The first-order valence-corrected chi connectivity index (χ1v) is 8.09. The zero-order valence-electron chi connectivity index (χ0n) is 11.4. The zero-order valence-corrected chi connectivity index (χ0v) is 13.2. The van der Waals surface area contributed by atoms with Gasteiger partial charge in [0.05, 0.1) is 6.10 Å². The van der Waals surface area contributed by atoms with Gasteiger partial charge in [-0.1, -0.05) is 6.42 Å². The van der Waals surface area contributed by atoms with Crippen molar-refractivity contribution in [2.45, 2.75) is 55.9 Å². The Bertz CT molecular complexity index is 340. The lowest BCUT2D eigenvalue weighted by molar-refractivity contribution is -0.148. The highest BCUT2D eigenvalue weighted by Gasteiger charge is 2.38. The minimum atomic E-state index is -1.04. The number of hydrogen-bond donors (Lipinski definition) is 4. The number of rotatable bonds is 8. The second-order valence-electron chi connectivity index (χ2n) is 5.20. The van der Waals surface area contributed by atoms with E-state index >= 15 is 0 Å². The number of carboxylic acids is 1. The molecular weight excluding hydrogens is 298 g/mol. The predicted molar refractivity (Wildman–Crippen MR) is 83.5 cm³/mol. The number of nitrogens with zero attached hydrogens (tertiary/aromatic N) is 1. The molecule has 1 saturated heterocycles. The first-order chi connectivity index (χ1) is 9.45. The molecule has 0 aliphatic carbocycles. The van der Waals surface area contributed by atoms with Gasteiger partial charge in [-0.2, -0.15) is 25.3 Å². The first kappa shape index (κ1) is 17.7. The number of likely N-dealkylation sites (tertiary alicyclic amines) is 1. The number of aliphatic hydroxyl groups excluding tert-OH is 1. The maximum atomic E-state index is 12.0. The lowest BCUT2D eigenvalue weighted by Gasteiger charge is -2.21. The number of thiol groups is 2. The van der Waals surface area contributed by atoms with Gasteiger partial charge in [0.1, 0.15) is 6.04 Å². The fourth-order valence-corrected chi connectivity index (χ4v) is 3.24. The Balaban J connectivity index is 2.30. The smallest absolute Gasteiger partial charge is 0.326 e. The summed E-state index contributed by atoms with van der Waals surface area (Å²) in [6, 6.07) is -0.876. The van der Waals surface area contributed by atoms with Crippen LogP contribution in [0.5, 0.6) is 0 Å². The zero-order chi connectivity index (χ0) is 15.1. The molecule has 0 radical (unpaired) electrons. The van der Waals surface area contributed by atoms with Crippen LogP contribution >= 0.6 is 25.3 Å². The molecule has 0 spiro atoms. The van der Waals surface area contributed by atoms with E-state index in [-0.39, 0.29) is 18.9 Å². The van der Waals surface area contributed by atoms with Crippen LogP contribution in [-0.2, 0) is 9.59 Å². The van der Waals surface area contributed by atoms with Crippen LogP contribution in [0.2, 0.25) is 0 Å². The van der Waals surface area contributed by atoms with Crippen molar-refractivity contribution in [3.05, 3.63) is 0 Å². The fraction of sp³-hybridized carbons (Fsp3) is 0.846. The standard InChI is InChI=1S/C13H23NO4S2/c15-9-7-11(13(17)18)14(8-9)12(16)4-2-1-3-10(20)5-6-19/h9-11,15,19-20H,1-8H2,(H,17,18)/t9-,10?,11+/m1/s1. The third-order valence-electron chi connectivity index (χ3n) is 3.52. The van der Waals surface area contributed by atoms with Gasteiger partial charge in [-0.25, -0.2) is 4.79 Å². The number of aliphatic carboxylic acids is 1. The van der Waals surface area contributed by atoms with Crippen molar-refractivity contribution in [1.82, 2.24) is 4.90 Å². The van der Waals surface area contributed by atoms with Gasteiger partial charge < -0.3 is 15.1 Å². The minimum absolute atomic E-state index is 0.127. The lowest BCUT2D eigenvalue weighted by Crippen LogP contribution is -2.40. The van der Waals surface area contributed by atoms with Crippen molar-refractivity contribution in [3.8, 4) is 0 Å². The molecule has 0 aromatic carbocycles. The molecule has 0 saturated carbocycles. The van der Waals surface area contributed by atoms with Crippen molar-refractivity contribution >= 4 is 37.1 Å². The van der Waals surface area contributed by atoms with Crippen molar-refractivity contribution in [3.63, 3.8) is 0 Å². The van der Waals surface area contributed by atoms with Crippen LogP contribution in [0.15, 0.2) is 0 Å². The van der Waals surface area contributed by atoms with E-state index in [0.29, 0.717) is 11.7 Å². The molecule has 2 N–H and O–H groups in total. The molecule has 116 valence electrons. The van der Waals surface area contributed by atoms with Gasteiger partial charge in [0.25, 0.3) is 0 Å². The maximum Gasteiger partial charge on any atom is 0.326 e. The summed E-state index contributed by atoms with van der Waals surface area (Å²) >= 11 is 8.57. The number of hydrogen-bond acceptors (Lipinski definition) is 5. The molecular formula is C13H23NO4S2. The molecule has 20 heavy (non-hydrogen) atoms. The Labute approximate surface area is 130 Å². The minimum Gasteiger partial charge on any atom is -0.480 e. The van der Waals surface area contributed by atoms with Gasteiger partial charge >= 0.3 is 5.97 Å². The average molecular weight is 321 g/mol. The summed E-state index contributed by atoms with van der Waals surface area (Å²) in [5.41, 5.74) is 0.